The van der Waals surface area contributed by atoms with Crippen LogP contribution in [0.4, 0.5) is 5.69 Å². The van der Waals surface area contributed by atoms with Crippen molar-refractivity contribution in [2.24, 2.45) is 0 Å². The molecule has 1 aliphatic carbocycles. The van der Waals surface area contributed by atoms with Crippen molar-refractivity contribution in [3.05, 3.63) is 40.9 Å². The van der Waals surface area contributed by atoms with E-state index >= 15 is 0 Å². The standard InChI is InChI=1S/C21H30ClN3O/c22-19-7-4-8-20(17-19)24-13-15-25(16-14-24)21(26)10-12-23-11-9-18-5-2-1-3-6-18/h4-5,7-8,17,23H,1-3,6,9-16H2. The van der Waals surface area contributed by atoms with Crippen molar-refractivity contribution in [2.75, 3.05) is 44.2 Å². The highest BCUT2D eigenvalue weighted by molar-refractivity contribution is 6.30. The highest BCUT2D eigenvalue weighted by Crippen LogP contribution is 2.21. The molecule has 5 heteroatoms. The number of rotatable bonds is 7. The zero-order valence-electron chi connectivity index (χ0n) is 15.6. The molecule has 1 amide bonds. The second-order valence-corrected chi connectivity index (χ2v) is 7.64. The number of carbonyl (C=O) groups excluding carboxylic acids is 1. The summed E-state index contributed by atoms with van der Waals surface area (Å²) in [5.41, 5.74) is 2.73. The van der Waals surface area contributed by atoms with Crippen LogP contribution in [0.5, 0.6) is 0 Å². The van der Waals surface area contributed by atoms with Gasteiger partial charge in [0.25, 0.3) is 0 Å². The number of nitrogens with zero attached hydrogens (tertiary/aromatic N) is 2. The first-order valence-corrected chi connectivity index (χ1v) is 10.3. The number of hydrogen-bond acceptors (Lipinski definition) is 3. The molecule has 0 aromatic heterocycles. The fraction of sp³-hybridized carbons (Fsp3) is 0.571. The van der Waals surface area contributed by atoms with E-state index in [-0.39, 0.29) is 5.91 Å². The lowest BCUT2D eigenvalue weighted by atomic mass is 9.97. The van der Waals surface area contributed by atoms with Gasteiger partial charge in [-0.15, -0.1) is 0 Å². The maximum Gasteiger partial charge on any atom is 0.223 e. The lowest BCUT2D eigenvalue weighted by molar-refractivity contribution is -0.131. The third-order valence-corrected chi connectivity index (χ3v) is 5.56. The van der Waals surface area contributed by atoms with Gasteiger partial charge in [0.2, 0.25) is 5.91 Å². The summed E-state index contributed by atoms with van der Waals surface area (Å²) in [6.45, 7) is 5.08. The molecule has 0 radical (unpaired) electrons. The van der Waals surface area contributed by atoms with E-state index in [0.717, 1.165) is 56.4 Å². The Morgan fingerprint density at radius 2 is 1.96 bits per heavy atom. The molecule has 0 saturated carbocycles. The van der Waals surface area contributed by atoms with Crippen molar-refractivity contribution in [3.63, 3.8) is 0 Å². The predicted molar refractivity (Wildman–Crippen MR) is 109 cm³/mol. The van der Waals surface area contributed by atoms with Crippen LogP contribution in [0.2, 0.25) is 5.02 Å². The quantitative estimate of drug-likeness (QED) is 0.580. The lowest BCUT2D eigenvalue weighted by Gasteiger charge is -2.36. The van der Waals surface area contributed by atoms with Gasteiger partial charge in [-0.1, -0.05) is 29.3 Å². The van der Waals surface area contributed by atoms with E-state index in [1.54, 1.807) is 5.57 Å². The van der Waals surface area contributed by atoms with Gasteiger partial charge in [0.1, 0.15) is 0 Å². The van der Waals surface area contributed by atoms with Crippen LogP contribution in [0.3, 0.4) is 0 Å². The molecule has 0 bridgehead atoms. The third kappa shape index (κ3) is 5.75. The summed E-state index contributed by atoms with van der Waals surface area (Å²) in [6.07, 6.45) is 9.31. The van der Waals surface area contributed by atoms with Gasteiger partial charge in [0.15, 0.2) is 0 Å². The first-order chi connectivity index (χ1) is 12.7. The minimum atomic E-state index is 0.264. The van der Waals surface area contributed by atoms with Gasteiger partial charge in [0, 0.05) is 49.9 Å². The van der Waals surface area contributed by atoms with Crippen molar-refractivity contribution in [3.8, 4) is 0 Å². The van der Waals surface area contributed by atoms with Gasteiger partial charge in [-0.25, -0.2) is 0 Å². The summed E-state index contributed by atoms with van der Waals surface area (Å²) in [4.78, 5) is 16.7. The number of piperazine rings is 1. The van der Waals surface area contributed by atoms with E-state index in [0.29, 0.717) is 6.42 Å². The second kappa shape index (κ2) is 9.98. The van der Waals surface area contributed by atoms with Gasteiger partial charge < -0.3 is 15.1 Å². The van der Waals surface area contributed by atoms with Gasteiger partial charge in [-0.2, -0.15) is 0 Å². The Hall–Kier alpha value is -1.52. The molecule has 1 aromatic rings. The molecule has 0 atom stereocenters. The Morgan fingerprint density at radius 3 is 2.69 bits per heavy atom. The Balaban J connectivity index is 1.31. The monoisotopic (exact) mass is 375 g/mol. The van der Waals surface area contributed by atoms with Crippen LogP contribution in [-0.4, -0.2) is 50.1 Å². The molecule has 2 aliphatic rings. The maximum atomic E-state index is 12.4. The molecule has 4 nitrogen and oxygen atoms in total. The number of nitrogens with one attached hydrogen (secondary N) is 1. The second-order valence-electron chi connectivity index (χ2n) is 7.21. The fourth-order valence-corrected chi connectivity index (χ4v) is 3.93. The Bertz CT molecular complexity index is 623. The summed E-state index contributed by atoms with van der Waals surface area (Å²) in [7, 11) is 0. The van der Waals surface area contributed by atoms with Crippen LogP contribution in [0.25, 0.3) is 0 Å². The van der Waals surface area contributed by atoms with E-state index < -0.39 is 0 Å². The highest BCUT2D eigenvalue weighted by Gasteiger charge is 2.20. The summed E-state index contributed by atoms with van der Waals surface area (Å²) >= 11 is 6.07. The molecule has 0 spiro atoms. The molecule has 1 aliphatic heterocycles. The molecule has 1 fully saturated rings. The van der Waals surface area contributed by atoms with E-state index in [1.165, 1.54) is 25.7 Å². The van der Waals surface area contributed by atoms with E-state index in [9.17, 15) is 4.79 Å². The number of benzene rings is 1. The molecular weight excluding hydrogens is 346 g/mol. The summed E-state index contributed by atoms with van der Waals surface area (Å²) < 4.78 is 0. The topological polar surface area (TPSA) is 35.6 Å². The number of carbonyl (C=O) groups is 1. The Morgan fingerprint density at radius 1 is 1.12 bits per heavy atom. The zero-order valence-corrected chi connectivity index (χ0v) is 16.3. The third-order valence-electron chi connectivity index (χ3n) is 5.33. The molecule has 26 heavy (non-hydrogen) atoms. The molecular formula is C21H30ClN3O. The summed E-state index contributed by atoms with van der Waals surface area (Å²) in [5.74, 6) is 0.264. The molecule has 1 heterocycles. The van der Waals surface area contributed by atoms with Crippen LogP contribution in [0.1, 0.15) is 38.5 Å². The highest BCUT2D eigenvalue weighted by atomic mass is 35.5. The lowest BCUT2D eigenvalue weighted by Crippen LogP contribution is -2.49. The minimum Gasteiger partial charge on any atom is -0.368 e. The predicted octanol–water partition coefficient (Wildman–Crippen LogP) is 3.86. The normalized spacial score (nSPS) is 18.0. The maximum absolute atomic E-state index is 12.4. The van der Waals surface area contributed by atoms with Crippen molar-refractivity contribution in [1.82, 2.24) is 10.2 Å². The summed E-state index contributed by atoms with van der Waals surface area (Å²) in [5, 5.41) is 4.19. The number of anilines is 1. The molecule has 142 valence electrons. The van der Waals surface area contributed by atoms with Crippen molar-refractivity contribution in [2.45, 2.75) is 38.5 Å². The van der Waals surface area contributed by atoms with Crippen molar-refractivity contribution in [1.29, 1.82) is 0 Å². The molecule has 1 N–H and O–H groups in total. The van der Waals surface area contributed by atoms with Crippen LogP contribution >= 0.6 is 11.6 Å². The van der Waals surface area contributed by atoms with Crippen molar-refractivity contribution < 1.29 is 4.79 Å². The Kier molecular flexibility index (Phi) is 7.39. The van der Waals surface area contributed by atoms with Crippen LogP contribution in [0.15, 0.2) is 35.9 Å². The van der Waals surface area contributed by atoms with Crippen LogP contribution < -0.4 is 10.2 Å². The molecule has 3 rings (SSSR count). The summed E-state index contributed by atoms with van der Waals surface area (Å²) in [6, 6.07) is 7.94. The Labute approximate surface area is 162 Å². The average Bonchev–Trinajstić information content (AvgIpc) is 2.68. The number of halogens is 1. The van der Waals surface area contributed by atoms with Gasteiger partial charge in [0.05, 0.1) is 0 Å². The zero-order chi connectivity index (χ0) is 18.2. The van der Waals surface area contributed by atoms with Gasteiger partial charge in [-0.05, 0) is 56.8 Å². The van der Waals surface area contributed by atoms with Crippen LogP contribution in [0, 0.1) is 0 Å². The fourth-order valence-electron chi connectivity index (χ4n) is 3.75. The number of amides is 1. The molecule has 0 unspecified atom stereocenters. The van der Waals surface area contributed by atoms with E-state index in [1.807, 2.05) is 23.1 Å². The molecule has 1 aromatic carbocycles. The average molecular weight is 376 g/mol. The van der Waals surface area contributed by atoms with Crippen LogP contribution in [-0.2, 0) is 4.79 Å². The van der Waals surface area contributed by atoms with E-state index in [4.69, 9.17) is 11.6 Å². The molecule has 1 saturated heterocycles. The van der Waals surface area contributed by atoms with E-state index in [2.05, 4.69) is 22.4 Å². The first-order valence-electron chi connectivity index (χ1n) is 9.89. The minimum absolute atomic E-state index is 0.264. The first kappa shape index (κ1) is 19.2. The number of allylic oxidation sites excluding steroid dienone is 1. The van der Waals surface area contributed by atoms with Gasteiger partial charge in [-0.3, -0.25) is 4.79 Å². The largest absolute Gasteiger partial charge is 0.368 e. The number of hydrogen-bond donors (Lipinski definition) is 1. The van der Waals surface area contributed by atoms with Crippen molar-refractivity contribution >= 4 is 23.2 Å². The smallest absolute Gasteiger partial charge is 0.223 e. The SMILES string of the molecule is O=C(CCNCCC1=CCCCC1)N1CCN(c2cccc(Cl)c2)CC1. The van der Waals surface area contributed by atoms with Gasteiger partial charge >= 0.3 is 0 Å².